The van der Waals surface area contributed by atoms with Crippen molar-refractivity contribution in [2.45, 2.75) is 52.7 Å². The number of aliphatic hydroxyl groups excluding tert-OH is 1. The summed E-state index contributed by atoms with van der Waals surface area (Å²) < 4.78 is 5.73. The zero-order valence-corrected chi connectivity index (χ0v) is 12.3. The molecular weight excluding hydrogens is 242 g/mol. The normalized spacial score (nSPS) is 26.8. The van der Waals surface area contributed by atoms with E-state index in [9.17, 15) is 5.11 Å². The Bertz CT molecular complexity index is 405. The minimum Gasteiger partial charge on any atom is -0.424 e. The third-order valence-electron chi connectivity index (χ3n) is 3.92. The van der Waals surface area contributed by atoms with Gasteiger partial charge in [0.25, 0.3) is 0 Å². The molecule has 1 saturated heterocycles. The highest BCUT2D eigenvalue weighted by Gasteiger charge is 2.30. The van der Waals surface area contributed by atoms with Crippen LogP contribution in [0.15, 0.2) is 4.42 Å². The number of likely N-dealkylation sites (tertiary alicyclic amines) is 1. The molecule has 0 bridgehead atoms. The Morgan fingerprint density at radius 2 is 2.11 bits per heavy atom. The lowest BCUT2D eigenvalue weighted by atomic mass is 9.95. The molecule has 1 fully saturated rings. The molecule has 19 heavy (non-hydrogen) atoms. The summed E-state index contributed by atoms with van der Waals surface area (Å²) in [7, 11) is 0. The lowest BCUT2D eigenvalue weighted by molar-refractivity contribution is 0.00788. The van der Waals surface area contributed by atoms with Gasteiger partial charge in [0.2, 0.25) is 11.8 Å². The van der Waals surface area contributed by atoms with Crippen molar-refractivity contribution in [2.75, 3.05) is 13.1 Å². The number of hydrogen-bond donors (Lipinski definition) is 1. The van der Waals surface area contributed by atoms with Gasteiger partial charge in [0.15, 0.2) is 0 Å². The van der Waals surface area contributed by atoms with E-state index in [0.29, 0.717) is 30.2 Å². The van der Waals surface area contributed by atoms with Crippen LogP contribution in [-0.4, -0.2) is 39.4 Å². The van der Waals surface area contributed by atoms with Crippen LogP contribution in [0, 0.1) is 11.8 Å². The van der Waals surface area contributed by atoms with Gasteiger partial charge in [-0.3, -0.25) is 4.90 Å². The van der Waals surface area contributed by atoms with Crippen molar-refractivity contribution in [1.29, 1.82) is 0 Å². The van der Waals surface area contributed by atoms with E-state index in [1.165, 1.54) is 0 Å². The summed E-state index contributed by atoms with van der Waals surface area (Å²) in [5.41, 5.74) is 0. The third-order valence-corrected chi connectivity index (χ3v) is 3.92. The average molecular weight is 267 g/mol. The molecule has 2 rings (SSSR count). The first-order chi connectivity index (χ1) is 8.97. The van der Waals surface area contributed by atoms with Crippen molar-refractivity contribution in [3.8, 4) is 0 Å². The summed E-state index contributed by atoms with van der Waals surface area (Å²) in [5, 5.41) is 18.2. The Balaban J connectivity index is 1.99. The predicted molar refractivity (Wildman–Crippen MR) is 72.6 cm³/mol. The summed E-state index contributed by atoms with van der Waals surface area (Å²) in [6.45, 7) is 10.1. The molecule has 3 atom stereocenters. The van der Waals surface area contributed by atoms with Gasteiger partial charge in [0.1, 0.15) is 0 Å². The van der Waals surface area contributed by atoms with E-state index >= 15 is 0 Å². The Kier molecular flexibility index (Phi) is 4.58. The van der Waals surface area contributed by atoms with Crippen molar-refractivity contribution in [3.63, 3.8) is 0 Å². The minimum atomic E-state index is -0.255. The fourth-order valence-electron chi connectivity index (χ4n) is 2.45. The minimum absolute atomic E-state index is 0.0792. The first kappa shape index (κ1) is 14.5. The van der Waals surface area contributed by atoms with Gasteiger partial charge in [0, 0.05) is 13.0 Å². The monoisotopic (exact) mass is 267 g/mol. The van der Waals surface area contributed by atoms with E-state index in [4.69, 9.17) is 4.42 Å². The number of nitrogens with zero attached hydrogens (tertiary/aromatic N) is 3. The van der Waals surface area contributed by atoms with E-state index in [2.05, 4.69) is 42.8 Å². The molecule has 0 aliphatic carbocycles. The highest BCUT2D eigenvalue weighted by molar-refractivity contribution is 4.92. The maximum Gasteiger partial charge on any atom is 0.233 e. The van der Waals surface area contributed by atoms with Gasteiger partial charge in [0.05, 0.1) is 12.1 Å². The smallest absolute Gasteiger partial charge is 0.233 e. The second-order valence-corrected chi connectivity index (χ2v) is 6.14. The summed E-state index contributed by atoms with van der Waals surface area (Å²) >= 11 is 0. The highest BCUT2D eigenvalue weighted by Crippen LogP contribution is 2.26. The SMILES string of the molecule is CC(C)Cc1nnc(C(C)N2CCC(C)C(O)C2)o1. The molecule has 0 saturated carbocycles. The van der Waals surface area contributed by atoms with Crippen LogP contribution in [0.3, 0.4) is 0 Å². The number of rotatable bonds is 4. The number of β-amino-alcohol motifs (C(OH)–C–C–N with tert-alkyl or cyclic N) is 1. The Morgan fingerprint density at radius 1 is 1.37 bits per heavy atom. The van der Waals surface area contributed by atoms with Gasteiger partial charge >= 0.3 is 0 Å². The zero-order chi connectivity index (χ0) is 14.0. The van der Waals surface area contributed by atoms with E-state index in [-0.39, 0.29) is 12.1 Å². The molecule has 108 valence electrons. The second kappa shape index (κ2) is 6.01. The molecule has 5 nitrogen and oxygen atoms in total. The topological polar surface area (TPSA) is 62.4 Å². The molecule has 0 spiro atoms. The van der Waals surface area contributed by atoms with Crippen LogP contribution >= 0.6 is 0 Å². The maximum absolute atomic E-state index is 9.96. The van der Waals surface area contributed by atoms with Crippen LogP contribution in [-0.2, 0) is 6.42 Å². The highest BCUT2D eigenvalue weighted by atomic mass is 16.4. The molecule has 1 N–H and O–H groups in total. The third kappa shape index (κ3) is 3.54. The van der Waals surface area contributed by atoms with E-state index < -0.39 is 0 Å². The molecule has 5 heteroatoms. The largest absolute Gasteiger partial charge is 0.424 e. The van der Waals surface area contributed by atoms with Crippen molar-refractivity contribution in [2.24, 2.45) is 11.8 Å². The average Bonchev–Trinajstić information content (AvgIpc) is 2.79. The number of piperidine rings is 1. The molecule has 3 unspecified atom stereocenters. The van der Waals surface area contributed by atoms with Gasteiger partial charge in [-0.15, -0.1) is 10.2 Å². The standard InChI is InChI=1S/C14H25N3O2/c1-9(2)7-13-15-16-14(19-13)11(4)17-6-5-10(3)12(18)8-17/h9-12,18H,5-8H2,1-4H3. The van der Waals surface area contributed by atoms with Crippen LogP contribution in [0.4, 0.5) is 0 Å². The molecule has 1 aliphatic heterocycles. The van der Waals surface area contributed by atoms with Gasteiger partial charge < -0.3 is 9.52 Å². The maximum atomic E-state index is 9.96. The zero-order valence-electron chi connectivity index (χ0n) is 12.3. The van der Waals surface area contributed by atoms with Gasteiger partial charge in [-0.1, -0.05) is 20.8 Å². The van der Waals surface area contributed by atoms with E-state index in [1.54, 1.807) is 0 Å². The van der Waals surface area contributed by atoms with Crippen molar-refractivity contribution in [3.05, 3.63) is 11.8 Å². The number of aromatic nitrogens is 2. The van der Waals surface area contributed by atoms with E-state index in [1.807, 2.05) is 0 Å². The summed E-state index contributed by atoms with van der Waals surface area (Å²) in [4.78, 5) is 2.22. The molecule has 1 aromatic rings. The Morgan fingerprint density at radius 3 is 2.74 bits per heavy atom. The van der Waals surface area contributed by atoms with Crippen molar-refractivity contribution in [1.82, 2.24) is 15.1 Å². The first-order valence-corrected chi connectivity index (χ1v) is 7.21. The van der Waals surface area contributed by atoms with Gasteiger partial charge in [-0.2, -0.15) is 0 Å². The number of aliphatic hydroxyl groups is 1. The van der Waals surface area contributed by atoms with E-state index in [0.717, 1.165) is 19.4 Å². The molecule has 1 aromatic heterocycles. The lowest BCUT2D eigenvalue weighted by Gasteiger charge is -2.36. The summed E-state index contributed by atoms with van der Waals surface area (Å²) in [6, 6.07) is 0.0792. The predicted octanol–water partition coefficient (Wildman–Crippen LogP) is 2.03. The van der Waals surface area contributed by atoms with Crippen LogP contribution in [0.1, 0.15) is 51.9 Å². The fourth-order valence-corrected chi connectivity index (χ4v) is 2.45. The van der Waals surface area contributed by atoms with Crippen LogP contribution in [0.25, 0.3) is 0 Å². The van der Waals surface area contributed by atoms with Gasteiger partial charge in [-0.25, -0.2) is 0 Å². The molecule has 0 radical (unpaired) electrons. The van der Waals surface area contributed by atoms with Crippen LogP contribution in [0.5, 0.6) is 0 Å². The quantitative estimate of drug-likeness (QED) is 0.904. The summed E-state index contributed by atoms with van der Waals surface area (Å²) in [6.07, 6.45) is 1.58. The molecule has 0 aromatic carbocycles. The van der Waals surface area contributed by atoms with Crippen LogP contribution < -0.4 is 0 Å². The molecule has 2 heterocycles. The fraction of sp³-hybridized carbons (Fsp3) is 0.857. The van der Waals surface area contributed by atoms with Crippen molar-refractivity contribution < 1.29 is 9.52 Å². The first-order valence-electron chi connectivity index (χ1n) is 7.21. The lowest BCUT2D eigenvalue weighted by Crippen LogP contribution is -2.43. The second-order valence-electron chi connectivity index (χ2n) is 6.14. The Hall–Kier alpha value is -0.940. The van der Waals surface area contributed by atoms with Crippen molar-refractivity contribution >= 4 is 0 Å². The van der Waals surface area contributed by atoms with Crippen LogP contribution in [0.2, 0.25) is 0 Å². The molecule has 0 amide bonds. The summed E-state index contributed by atoms with van der Waals surface area (Å²) in [5.74, 6) is 2.27. The van der Waals surface area contributed by atoms with Gasteiger partial charge in [-0.05, 0) is 31.7 Å². The molecular formula is C14H25N3O2. The number of hydrogen-bond acceptors (Lipinski definition) is 5. The Labute approximate surface area is 115 Å². The molecule has 1 aliphatic rings.